The first-order chi connectivity index (χ1) is 7.74. The molecule has 0 radical (unpaired) electrons. The lowest BCUT2D eigenvalue weighted by Gasteiger charge is -2.26. The zero-order valence-corrected chi connectivity index (χ0v) is 12.1. The molecule has 0 aromatic heterocycles. The van der Waals surface area contributed by atoms with Gasteiger partial charge in [-0.15, -0.1) is 0 Å². The zero-order chi connectivity index (χ0) is 13.5. The first-order valence-electron chi connectivity index (χ1n) is 6.12. The van der Waals surface area contributed by atoms with Crippen LogP contribution in [-0.4, -0.2) is 39.0 Å². The Morgan fingerprint density at radius 1 is 1.29 bits per heavy atom. The summed E-state index contributed by atoms with van der Waals surface area (Å²) in [4.78, 5) is 0. The van der Waals surface area contributed by atoms with Gasteiger partial charge in [-0.25, -0.2) is 13.1 Å². The maximum absolute atomic E-state index is 11.6. The lowest BCUT2D eigenvalue weighted by Crippen LogP contribution is -2.49. The molecule has 0 atom stereocenters. The van der Waals surface area contributed by atoms with E-state index in [1.54, 1.807) is 0 Å². The van der Waals surface area contributed by atoms with Gasteiger partial charge in [0.2, 0.25) is 10.0 Å². The van der Waals surface area contributed by atoms with Gasteiger partial charge in [0.25, 0.3) is 0 Å². The van der Waals surface area contributed by atoms with Crippen LogP contribution in [0.25, 0.3) is 0 Å². The molecule has 0 unspecified atom stereocenters. The highest BCUT2D eigenvalue weighted by atomic mass is 32.2. The molecule has 3 N–H and O–H groups in total. The first kappa shape index (κ1) is 16.8. The van der Waals surface area contributed by atoms with E-state index in [0.29, 0.717) is 0 Å². The average Bonchev–Trinajstić information content (AvgIpc) is 2.25. The van der Waals surface area contributed by atoms with Crippen molar-refractivity contribution in [2.45, 2.75) is 52.2 Å². The fraction of sp³-hybridized carbons (Fsp3) is 1.00. The standard InChI is InChI=1S/C11H26N2O3S/c1-5-11(12,6-2)9-13-17(14,15)8-7-16-10(3)4/h10,13H,5-9,12H2,1-4H3. The first-order valence-corrected chi connectivity index (χ1v) is 7.77. The molecule has 6 heteroatoms. The molecule has 0 aliphatic heterocycles. The molecule has 0 aliphatic rings. The van der Waals surface area contributed by atoms with Gasteiger partial charge in [-0.2, -0.15) is 0 Å². The van der Waals surface area contributed by atoms with Crippen molar-refractivity contribution in [1.29, 1.82) is 0 Å². The highest BCUT2D eigenvalue weighted by Gasteiger charge is 2.22. The van der Waals surface area contributed by atoms with Crippen LogP contribution in [0.2, 0.25) is 0 Å². The Morgan fingerprint density at radius 2 is 1.82 bits per heavy atom. The number of ether oxygens (including phenoxy) is 1. The summed E-state index contributed by atoms with van der Waals surface area (Å²) in [7, 11) is -3.29. The summed E-state index contributed by atoms with van der Waals surface area (Å²) in [5, 5.41) is 0. The number of nitrogens with one attached hydrogen (secondary N) is 1. The number of sulfonamides is 1. The fourth-order valence-electron chi connectivity index (χ4n) is 1.22. The van der Waals surface area contributed by atoms with Crippen molar-refractivity contribution in [3.63, 3.8) is 0 Å². The molecule has 104 valence electrons. The monoisotopic (exact) mass is 266 g/mol. The Labute approximate surface area is 105 Å². The summed E-state index contributed by atoms with van der Waals surface area (Å²) in [6.07, 6.45) is 1.54. The van der Waals surface area contributed by atoms with E-state index in [9.17, 15) is 8.42 Å². The Morgan fingerprint density at radius 3 is 2.24 bits per heavy atom. The van der Waals surface area contributed by atoms with Crippen molar-refractivity contribution >= 4 is 10.0 Å². The molecule has 0 heterocycles. The minimum Gasteiger partial charge on any atom is -0.378 e. The molecule has 17 heavy (non-hydrogen) atoms. The third-order valence-corrected chi connectivity index (χ3v) is 4.14. The molecule has 0 saturated heterocycles. The van der Waals surface area contributed by atoms with E-state index in [2.05, 4.69) is 4.72 Å². The van der Waals surface area contributed by atoms with Gasteiger partial charge in [0.1, 0.15) is 0 Å². The van der Waals surface area contributed by atoms with Crippen LogP contribution in [-0.2, 0) is 14.8 Å². The smallest absolute Gasteiger partial charge is 0.213 e. The lowest BCUT2D eigenvalue weighted by molar-refractivity contribution is 0.0911. The van der Waals surface area contributed by atoms with Gasteiger partial charge in [0, 0.05) is 12.1 Å². The lowest BCUT2D eigenvalue weighted by atomic mass is 9.95. The molecule has 0 aromatic rings. The summed E-state index contributed by atoms with van der Waals surface area (Å²) >= 11 is 0. The highest BCUT2D eigenvalue weighted by Crippen LogP contribution is 2.09. The van der Waals surface area contributed by atoms with Gasteiger partial charge in [0.15, 0.2) is 0 Å². The van der Waals surface area contributed by atoms with Crippen molar-refractivity contribution in [3.8, 4) is 0 Å². The van der Waals surface area contributed by atoms with E-state index < -0.39 is 15.6 Å². The third kappa shape index (κ3) is 7.70. The molecule has 0 aliphatic carbocycles. The summed E-state index contributed by atoms with van der Waals surface area (Å²) in [5.74, 6) is -0.0192. The van der Waals surface area contributed by atoms with Crippen LogP contribution >= 0.6 is 0 Å². The summed E-state index contributed by atoms with van der Waals surface area (Å²) < 4.78 is 31.0. The van der Waals surface area contributed by atoms with E-state index in [-0.39, 0.29) is 25.0 Å². The van der Waals surface area contributed by atoms with Crippen molar-refractivity contribution < 1.29 is 13.2 Å². The van der Waals surface area contributed by atoms with Crippen molar-refractivity contribution in [2.24, 2.45) is 5.73 Å². The van der Waals surface area contributed by atoms with Gasteiger partial charge in [0.05, 0.1) is 18.5 Å². The summed E-state index contributed by atoms with van der Waals surface area (Å²) in [5.41, 5.74) is 5.57. The summed E-state index contributed by atoms with van der Waals surface area (Å²) in [6, 6.07) is 0. The quantitative estimate of drug-likeness (QED) is 0.648. The fourth-order valence-corrected chi connectivity index (χ4v) is 2.19. The molecule has 0 aromatic carbocycles. The Bertz CT molecular complexity index is 298. The van der Waals surface area contributed by atoms with Crippen LogP contribution in [0.5, 0.6) is 0 Å². The van der Waals surface area contributed by atoms with Gasteiger partial charge in [-0.3, -0.25) is 0 Å². The van der Waals surface area contributed by atoms with E-state index in [1.165, 1.54) is 0 Å². The van der Waals surface area contributed by atoms with Crippen LogP contribution in [0.3, 0.4) is 0 Å². The topological polar surface area (TPSA) is 81.4 Å². The van der Waals surface area contributed by atoms with Gasteiger partial charge >= 0.3 is 0 Å². The number of nitrogens with two attached hydrogens (primary N) is 1. The molecular formula is C11H26N2O3S. The molecule has 0 spiro atoms. The predicted molar refractivity (Wildman–Crippen MR) is 70.4 cm³/mol. The van der Waals surface area contributed by atoms with Crippen LogP contribution < -0.4 is 10.5 Å². The maximum Gasteiger partial charge on any atom is 0.213 e. The minimum absolute atomic E-state index is 0.0192. The molecule has 0 amide bonds. The van der Waals surface area contributed by atoms with Gasteiger partial charge < -0.3 is 10.5 Å². The van der Waals surface area contributed by atoms with Crippen LogP contribution in [0, 0.1) is 0 Å². The normalized spacial score (nSPS) is 13.3. The van der Waals surface area contributed by atoms with Crippen molar-refractivity contribution in [2.75, 3.05) is 18.9 Å². The maximum atomic E-state index is 11.6. The molecular weight excluding hydrogens is 240 g/mol. The predicted octanol–water partition coefficient (Wildman–Crippen LogP) is 0.848. The Hall–Kier alpha value is -0.170. The molecule has 5 nitrogen and oxygen atoms in total. The van der Waals surface area contributed by atoms with E-state index in [0.717, 1.165) is 12.8 Å². The molecule has 0 fully saturated rings. The van der Waals surface area contributed by atoms with Crippen molar-refractivity contribution in [3.05, 3.63) is 0 Å². The average molecular weight is 266 g/mol. The number of hydrogen-bond donors (Lipinski definition) is 2. The second-order valence-corrected chi connectivity index (χ2v) is 6.56. The molecule has 0 bridgehead atoms. The number of rotatable bonds is 9. The van der Waals surface area contributed by atoms with Gasteiger partial charge in [-0.1, -0.05) is 13.8 Å². The minimum atomic E-state index is -3.29. The zero-order valence-electron chi connectivity index (χ0n) is 11.3. The molecule has 0 rings (SSSR count). The van der Waals surface area contributed by atoms with Crippen molar-refractivity contribution in [1.82, 2.24) is 4.72 Å². The highest BCUT2D eigenvalue weighted by molar-refractivity contribution is 7.89. The largest absolute Gasteiger partial charge is 0.378 e. The van der Waals surface area contributed by atoms with E-state index in [4.69, 9.17) is 10.5 Å². The Balaban J connectivity index is 4.09. The van der Waals surface area contributed by atoms with Crippen LogP contribution in [0.15, 0.2) is 0 Å². The molecule has 0 saturated carbocycles. The van der Waals surface area contributed by atoms with Crippen LogP contribution in [0.1, 0.15) is 40.5 Å². The summed E-state index contributed by atoms with van der Waals surface area (Å²) in [6.45, 7) is 8.16. The van der Waals surface area contributed by atoms with Gasteiger partial charge in [-0.05, 0) is 26.7 Å². The second kappa shape index (κ2) is 7.31. The third-order valence-electron chi connectivity index (χ3n) is 2.86. The van der Waals surface area contributed by atoms with E-state index in [1.807, 2.05) is 27.7 Å². The second-order valence-electron chi connectivity index (χ2n) is 4.63. The SMILES string of the molecule is CCC(N)(CC)CNS(=O)(=O)CCOC(C)C. The number of hydrogen-bond acceptors (Lipinski definition) is 4. The Kier molecular flexibility index (Phi) is 7.23. The van der Waals surface area contributed by atoms with Crippen LogP contribution in [0.4, 0.5) is 0 Å². The van der Waals surface area contributed by atoms with E-state index >= 15 is 0 Å².